The highest BCUT2D eigenvalue weighted by molar-refractivity contribution is 7.89. The van der Waals surface area contributed by atoms with Gasteiger partial charge in [0.25, 0.3) is 0 Å². The van der Waals surface area contributed by atoms with Crippen molar-refractivity contribution in [3.63, 3.8) is 0 Å². The number of rotatable bonds is 6. The van der Waals surface area contributed by atoms with Gasteiger partial charge in [-0.15, -0.1) is 0 Å². The minimum Gasteiger partial charge on any atom is -0.236 e. The van der Waals surface area contributed by atoms with E-state index in [1.54, 1.807) is 12.1 Å². The van der Waals surface area contributed by atoms with Crippen LogP contribution in [-0.2, 0) is 22.7 Å². The van der Waals surface area contributed by atoms with Crippen LogP contribution in [0.5, 0.6) is 0 Å². The summed E-state index contributed by atoms with van der Waals surface area (Å²) in [6.07, 6.45) is -4.64. The number of sulfonamides is 1. The van der Waals surface area contributed by atoms with Gasteiger partial charge in [0.1, 0.15) is 5.15 Å². The second kappa shape index (κ2) is 8.53. The Morgan fingerprint density at radius 3 is 2.43 bits per heavy atom. The van der Waals surface area contributed by atoms with Crippen molar-refractivity contribution < 1.29 is 21.6 Å². The standard InChI is InChI=1S/C21H20ClF3N2O2S/c1-14(2)12-27(13-16-10-15-6-3-4-9-19(15)26-20(16)22)30(28,29)18-8-5-7-17(11-18)21(23,24)25/h3-11,14H,12-13H2,1-2H3. The summed E-state index contributed by atoms with van der Waals surface area (Å²) in [5.74, 6) is -0.0576. The molecule has 0 aliphatic carbocycles. The van der Waals surface area contributed by atoms with Gasteiger partial charge in [0.2, 0.25) is 10.0 Å². The minimum absolute atomic E-state index is 0.0576. The lowest BCUT2D eigenvalue weighted by Crippen LogP contribution is -2.34. The van der Waals surface area contributed by atoms with Crippen LogP contribution in [0.3, 0.4) is 0 Å². The molecule has 30 heavy (non-hydrogen) atoms. The van der Waals surface area contributed by atoms with Crippen molar-refractivity contribution >= 4 is 32.5 Å². The van der Waals surface area contributed by atoms with Crippen LogP contribution in [0.2, 0.25) is 5.15 Å². The zero-order valence-corrected chi connectivity index (χ0v) is 17.9. The molecular formula is C21H20ClF3N2O2S. The van der Waals surface area contributed by atoms with Crippen molar-refractivity contribution in [3.05, 3.63) is 70.9 Å². The van der Waals surface area contributed by atoms with Crippen LogP contribution in [-0.4, -0.2) is 24.3 Å². The number of pyridine rings is 1. The quantitative estimate of drug-likeness (QED) is 0.443. The highest BCUT2D eigenvalue weighted by atomic mass is 35.5. The predicted octanol–water partition coefficient (Wildman–Crippen LogP) is 5.75. The third-order valence-electron chi connectivity index (χ3n) is 4.46. The number of benzene rings is 2. The molecular weight excluding hydrogens is 437 g/mol. The van der Waals surface area contributed by atoms with Gasteiger partial charge in [-0.3, -0.25) is 0 Å². The van der Waals surface area contributed by atoms with Gasteiger partial charge in [-0.1, -0.05) is 49.7 Å². The summed E-state index contributed by atoms with van der Waals surface area (Å²) in [4.78, 5) is 3.89. The van der Waals surface area contributed by atoms with Crippen molar-refractivity contribution in [2.45, 2.75) is 31.5 Å². The van der Waals surface area contributed by atoms with Gasteiger partial charge >= 0.3 is 6.18 Å². The molecule has 0 aliphatic heterocycles. The summed E-state index contributed by atoms with van der Waals surface area (Å²) in [6.45, 7) is 3.67. The first-order valence-electron chi connectivity index (χ1n) is 9.20. The number of para-hydroxylation sites is 1. The third-order valence-corrected chi connectivity index (χ3v) is 6.60. The van der Waals surface area contributed by atoms with E-state index in [-0.39, 0.29) is 24.2 Å². The Balaban J connectivity index is 2.03. The molecule has 0 N–H and O–H groups in total. The van der Waals surface area contributed by atoms with Gasteiger partial charge in [0, 0.05) is 24.0 Å². The van der Waals surface area contributed by atoms with Gasteiger partial charge in [-0.2, -0.15) is 17.5 Å². The molecule has 1 aromatic heterocycles. The highest BCUT2D eigenvalue weighted by Gasteiger charge is 2.33. The maximum Gasteiger partial charge on any atom is 0.416 e. The fourth-order valence-electron chi connectivity index (χ4n) is 3.07. The lowest BCUT2D eigenvalue weighted by Gasteiger charge is -2.25. The summed E-state index contributed by atoms with van der Waals surface area (Å²) in [5, 5.41) is 0.944. The molecule has 1 heterocycles. The Bertz CT molecular complexity index is 1160. The first-order chi connectivity index (χ1) is 14.0. The topological polar surface area (TPSA) is 50.3 Å². The molecule has 0 aliphatic rings. The van der Waals surface area contributed by atoms with Crippen LogP contribution in [0, 0.1) is 5.92 Å². The molecule has 0 radical (unpaired) electrons. The Morgan fingerprint density at radius 2 is 1.77 bits per heavy atom. The zero-order valence-electron chi connectivity index (χ0n) is 16.3. The fourth-order valence-corrected chi connectivity index (χ4v) is 4.91. The summed E-state index contributed by atoms with van der Waals surface area (Å²) in [7, 11) is -4.20. The van der Waals surface area contributed by atoms with E-state index in [9.17, 15) is 21.6 Å². The van der Waals surface area contributed by atoms with Crippen molar-refractivity contribution in [1.82, 2.24) is 9.29 Å². The summed E-state index contributed by atoms with van der Waals surface area (Å²) < 4.78 is 66.8. The van der Waals surface area contributed by atoms with Gasteiger partial charge in [-0.05, 0) is 36.2 Å². The van der Waals surface area contributed by atoms with E-state index >= 15 is 0 Å². The molecule has 0 amide bonds. The van der Waals surface area contributed by atoms with Gasteiger partial charge in [-0.25, -0.2) is 13.4 Å². The van der Waals surface area contributed by atoms with Gasteiger partial charge in [0.05, 0.1) is 16.0 Å². The maximum atomic E-state index is 13.2. The highest BCUT2D eigenvalue weighted by Crippen LogP contribution is 2.32. The van der Waals surface area contributed by atoms with E-state index in [2.05, 4.69) is 4.98 Å². The fraction of sp³-hybridized carbons (Fsp3) is 0.286. The van der Waals surface area contributed by atoms with Crippen LogP contribution >= 0.6 is 11.6 Å². The number of halogens is 4. The number of alkyl halides is 3. The van der Waals surface area contributed by atoms with Crippen LogP contribution in [0.1, 0.15) is 25.0 Å². The number of aromatic nitrogens is 1. The average Bonchev–Trinajstić information content (AvgIpc) is 2.67. The Labute approximate surface area is 178 Å². The van der Waals surface area contributed by atoms with Crippen molar-refractivity contribution in [1.29, 1.82) is 0 Å². The predicted molar refractivity (Wildman–Crippen MR) is 111 cm³/mol. The molecule has 4 nitrogen and oxygen atoms in total. The van der Waals surface area contributed by atoms with E-state index in [4.69, 9.17) is 11.6 Å². The lowest BCUT2D eigenvalue weighted by molar-refractivity contribution is -0.137. The first kappa shape index (κ1) is 22.5. The van der Waals surface area contributed by atoms with E-state index in [1.165, 1.54) is 0 Å². The summed E-state index contributed by atoms with van der Waals surface area (Å²) in [5.41, 5.74) is 0.132. The van der Waals surface area contributed by atoms with Gasteiger partial charge in [0.15, 0.2) is 0 Å². The van der Waals surface area contributed by atoms with E-state index in [0.717, 1.165) is 27.9 Å². The van der Waals surface area contributed by atoms with Crippen LogP contribution in [0.4, 0.5) is 13.2 Å². The molecule has 0 unspecified atom stereocenters. The third kappa shape index (κ3) is 4.94. The first-order valence-corrected chi connectivity index (χ1v) is 11.0. The molecule has 9 heteroatoms. The lowest BCUT2D eigenvalue weighted by atomic mass is 10.1. The summed E-state index contributed by atoms with van der Waals surface area (Å²) in [6, 6.07) is 12.8. The Hall–Kier alpha value is -2.16. The number of hydrogen-bond acceptors (Lipinski definition) is 3. The second-order valence-corrected chi connectivity index (χ2v) is 9.64. The smallest absolute Gasteiger partial charge is 0.236 e. The van der Waals surface area contributed by atoms with E-state index < -0.39 is 26.7 Å². The van der Waals surface area contributed by atoms with Crippen molar-refractivity contribution in [3.8, 4) is 0 Å². The Kier molecular flexibility index (Phi) is 6.40. The molecule has 2 aromatic carbocycles. The normalized spacial score (nSPS) is 12.8. The Morgan fingerprint density at radius 1 is 1.07 bits per heavy atom. The number of nitrogens with zero attached hydrogens (tertiary/aromatic N) is 2. The molecule has 0 spiro atoms. The monoisotopic (exact) mass is 456 g/mol. The van der Waals surface area contributed by atoms with Crippen molar-refractivity contribution in [2.24, 2.45) is 5.92 Å². The van der Waals surface area contributed by atoms with E-state index in [0.29, 0.717) is 17.1 Å². The largest absolute Gasteiger partial charge is 0.416 e. The molecule has 3 aromatic rings. The molecule has 160 valence electrons. The minimum atomic E-state index is -4.64. The molecule has 0 bridgehead atoms. The van der Waals surface area contributed by atoms with Crippen molar-refractivity contribution in [2.75, 3.05) is 6.54 Å². The average molecular weight is 457 g/mol. The molecule has 0 saturated heterocycles. The van der Waals surface area contributed by atoms with Crippen LogP contribution in [0.25, 0.3) is 10.9 Å². The van der Waals surface area contributed by atoms with Crippen LogP contribution in [0.15, 0.2) is 59.5 Å². The van der Waals surface area contributed by atoms with Gasteiger partial charge < -0.3 is 0 Å². The summed E-state index contributed by atoms with van der Waals surface area (Å²) >= 11 is 6.28. The second-order valence-electron chi connectivity index (χ2n) is 7.35. The maximum absolute atomic E-state index is 13.2. The van der Waals surface area contributed by atoms with Crippen LogP contribution < -0.4 is 0 Å². The molecule has 3 rings (SSSR count). The number of fused-ring (bicyclic) bond motifs is 1. The molecule has 0 fully saturated rings. The molecule has 0 saturated carbocycles. The zero-order chi connectivity index (χ0) is 22.1. The SMILES string of the molecule is CC(C)CN(Cc1cc2ccccc2nc1Cl)S(=O)(=O)c1cccc(C(F)(F)F)c1. The number of hydrogen-bond donors (Lipinski definition) is 0. The molecule has 0 atom stereocenters. The van der Waals surface area contributed by atoms with E-state index in [1.807, 2.05) is 32.0 Å².